The third kappa shape index (κ3) is 4.06. The largest absolute Gasteiger partial charge is 0.368 e. The van der Waals surface area contributed by atoms with Gasteiger partial charge in [0.15, 0.2) is 5.65 Å². The summed E-state index contributed by atoms with van der Waals surface area (Å²) in [6, 6.07) is 12.7. The van der Waals surface area contributed by atoms with Gasteiger partial charge in [0.05, 0.1) is 17.6 Å². The smallest absolute Gasteiger partial charge is 0.160 e. The summed E-state index contributed by atoms with van der Waals surface area (Å²) in [6.07, 6.45) is 6.86. The molecule has 0 saturated carbocycles. The van der Waals surface area contributed by atoms with E-state index in [1.54, 1.807) is 0 Å². The van der Waals surface area contributed by atoms with Crippen LogP contribution in [0.4, 0.5) is 17.2 Å². The zero-order valence-electron chi connectivity index (χ0n) is 20.3. The molecule has 2 aliphatic rings. The van der Waals surface area contributed by atoms with Crippen LogP contribution in [0.15, 0.2) is 55.0 Å². The highest BCUT2D eigenvalue weighted by Crippen LogP contribution is 2.33. The summed E-state index contributed by atoms with van der Waals surface area (Å²) in [5, 5.41) is 3.50. The van der Waals surface area contributed by atoms with Gasteiger partial charge in [-0.15, -0.1) is 0 Å². The summed E-state index contributed by atoms with van der Waals surface area (Å²) in [5.74, 6) is 1.09. The maximum absolute atomic E-state index is 11.9. The van der Waals surface area contributed by atoms with Crippen molar-refractivity contribution in [1.29, 1.82) is 0 Å². The van der Waals surface area contributed by atoms with E-state index >= 15 is 0 Å². The van der Waals surface area contributed by atoms with Crippen molar-refractivity contribution in [3.8, 4) is 11.1 Å². The Kier molecular flexibility index (Phi) is 5.49. The molecule has 1 aliphatic carbocycles. The summed E-state index contributed by atoms with van der Waals surface area (Å²) >= 11 is 0. The number of carbonyl (C=O) groups excluding carboxylic acids is 1. The summed E-state index contributed by atoms with van der Waals surface area (Å²) in [4.78, 5) is 26.1. The number of aromatic nitrogens is 3. The lowest BCUT2D eigenvalue weighted by Crippen LogP contribution is -2.46. The van der Waals surface area contributed by atoms with Crippen LogP contribution in [0.3, 0.4) is 0 Å². The summed E-state index contributed by atoms with van der Waals surface area (Å²) < 4.78 is 2.11. The van der Waals surface area contributed by atoms with Crippen molar-refractivity contribution in [2.75, 3.05) is 42.9 Å². The molecule has 6 rings (SSSR count). The van der Waals surface area contributed by atoms with Gasteiger partial charge < -0.3 is 19.5 Å². The van der Waals surface area contributed by atoms with Crippen molar-refractivity contribution in [1.82, 2.24) is 19.3 Å². The lowest BCUT2D eigenvalue weighted by Gasteiger charge is -2.35. The number of benzene rings is 1. The van der Waals surface area contributed by atoms with Crippen molar-refractivity contribution < 1.29 is 4.79 Å². The molecule has 7 nitrogen and oxygen atoms in total. The number of ketones is 1. The molecule has 1 aromatic carbocycles. The average Bonchev–Trinajstić information content (AvgIpc) is 3.52. The molecule has 3 aromatic heterocycles. The molecule has 35 heavy (non-hydrogen) atoms. The molecule has 0 spiro atoms. The first-order valence-electron chi connectivity index (χ1n) is 12.4. The Hall–Kier alpha value is -3.71. The van der Waals surface area contributed by atoms with E-state index in [4.69, 9.17) is 4.98 Å². The molecule has 0 amide bonds. The number of rotatable bonds is 5. The zero-order chi connectivity index (χ0) is 23.9. The number of hydrogen-bond acceptors (Lipinski definition) is 6. The predicted octanol–water partition coefficient (Wildman–Crippen LogP) is 4.26. The number of pyridine rings is 2. The fraction of sp³-hybridized carbons (Fsp3) is 0.321. The van der Waals surface area contributed by atoms with Gasteiger partial charge >= 0.3 is 0 Å². The molecule has 0 bridgehead atoms. The molecular weight excluding hydrogens is 436 g/mol. The molecule has 1 N–H and O–H groups in total. The summed E-state index contributed by atoms with van der Waals surface area (Å²) in [7, 11) is 0. The van der Waals surface area contributed by atoms with E-state index in [-0.39, 0.29) is 0 Å². The van der Waals surface area contributed by atoms with Gasteiger partial charge in [0, 0.05) is 62.7 Å². The van der Waals surface area contributed by atoms with Gasteiger partial charge in [0.2, 0.25) is 0 Å². The lowest BCUT2D eigenvalue weighted by atomic mass is 9.99. The molecule has 7 heteroatoms. The molecule has 0 radical (unpaired) electrons. The highest BCUT2D eigenvalue weighted by molar-refractivity contribution is 5.89. The highest BCUT2D eigenvalue weighted by Gasteiger charge is 2.20. The van der Waals surface area contributed by atoms with E-state index in [9.17, 15) is 4.79 Å². The molecule has 0 unspecified atom stereocenters. The Balaban J connectivity index is 1.29. The van der Waals surface area contributed by atoms with Crippen LogP contribution in [0.25, 0.3) is 16.8 Å². The van der Waals surface area contributed by atoms with Gasteiger partial charge in [-0.1, -0.05) is 25.1 Å². The molecule has 4 aromatic rings. The maximum Gasteiger partial charge on any atom is 0.160 e. The minimum atomic E-state index is 0.294. The lowest BCUT2D eigenvalue weighted by molar-refractivity contribution is -0.117. The minimum Gasteiger partial charge on any atom is -0.368 e. The number of nitrogens with one attached hydrogen (secondary N) is 1. The molecule has 178 valence electrons. The van der Waals surface area contributed by atoms with Crippen LogP contribution in [-0.4, -0.2) is 57.8 Å². The Morgan fingerprint density at radius 3 is 2.57 bits per heavy atom. The zero-order valence-corrected chi connectivity index (χ0v) is 20.3. The van der Waals surface area contributed by atoms with E-state index in [0.29, 0.717) is 18.6 Å². The van der Waals surface area contributed by atoms with Crippen LogP contribution in [0.5, 0.6) is 0 Å². The number of fused-ring (bicyclic) bond motifs is 2. The summed E-state index contributed by atoms with van der Waals surface area (Å²) in [6.45, 7) is 9.69. The number of aryl methyl sites for hydroxylation is 1. The SMILES string of the molecule is CCN1CCN(c2ccc(Nc3cc(-c4ccc5c(c4)CC(=O)C5)c(C)n4ccnc34)nc2)CC1. The number of likely N-dealkylation sites (N-methyl/N-ethyl adjacent to an activating group) is 1. The molecule has 1 aliphatic heterocycles. The number of carbonyl (C=O) groups is 1. The maximum atomic E-state index is 11.9. The van der Waals surface area contributed by atoms with Gasteiger partial charge in [0.1, 0.15) is 11.6 Å². The highest BCUT2D eigenvalue weighted by atomic mass is 16.1. The standard InChI is InChI=1S/C28H30N6O/c1-3-32-10-12-33(13-11-32)23-6-7-27(30-18-23)31-26-17-25(19(2)34-9-8-29-28(26)34)21-5-4-20-15-24(35)16-22(20)14-21/h4-9,14,17-18H,3,10-13,15-16H2,1-2H3,(H,30,31). The number of nitrogens with zero attached hydrogens (tertiary/aromatic N) is 5. The third-order valence-corrected chi connectivity index (χ3v) is 7.41. The summed E-state index contributed by atoms with van der Waals surface area (Å²) in [5.41, 5.74) is 8.57. The normalized spacial score (nSPS) is 16.2. The van der Waals surface area contributed by atoms with Crippen molar-refractivity contribution >= 4 is 28.6 Å². The van der Waals surface area contributed by atoms with Crippen molar-refractivity contribution in [3.05, 3.63) is 71.8 Å². The van der Waals surface area contributed by atoms with Crippen LogP contribution >= 0.6 is 0 Å². The van der Waals surface area contributed by atoms with E-state index in [0.717, 1.165) is 83.5 Å². The predicted molar refractivity (Wildman–Crippen MR) is 140 cm³/mol. The first-order valence-corrected chi connectivity index (χ1v) is 12.4. The topological polar surface area (TPSA) is 65.8 Å². The Labute approximate surface area is 205 Å². The number of anilines is 3. The molecule has 1 saturated heterocycles. The molecule has 0 atom stereocenters. The van der Waals surface area contributed by atoms with Gasteiger partial charge in [-0.05, 0) is 48.4 Å². The Morgan fingerprint density at radius 1 is 0.971 bits per heavy atom. The average molecular weight is 467 g/mol. The quantitative estimate of drug-likeness (QED) is 0.474. The van der Waals surface area contributed by atoms with Crippen LogP contribution in [0.1, 0.15) is 23.7 Å². The number of hydrogen-bond donors (Lipinski definition) is 1. The Bertz CT molecular complexity index is 1400. The fourth-order valence-corrected chi connectivity index (χ4v) is 5.33. The number of piperazine rings is 1. The minimum absolute atomic E-state index is 0.294. The second kappa shape index (κ2) is 8.82. The molecule has 4 heterocycles. The molecular formula is C28H30N6O. The van der Waals surface area contributed by atoms with Crippen molar-refractivity contribution in [2.45, 2.75) is 26.7 Å². The first-order chi connectivity index (χ1) is 17.1. The van der Waals surface area contributed by atoms with Gasteiger partial charge in [0.25, 0.3) is 0 Å². The van der Waals surface area contributed by atoms with Crippen molar-refractivity contribution in [3.63, 3.8) is 0 Å². The van der Waals surface area contributed by atoms with Crippen LogP contribution in [-0.2, 0) is 17.6 Å². The van der Waals surface area contributed by atoms with E-state index in [1.165, 1.54) is 0 Å². The van der Waals surface area contributed by atoms with Gasteiger partial charge in [-0.3, -0.25) is 4.79 Å². The number of imidazole rings is 1. The molecule has 1 fully saturated rings. The van der Waals surface area contributed by atoms with Gasteiger partial charge in [-0.2, -0.15) is 0 Å². The van der Waals surface area contributed by atoms with E-state index in [2.05, 4.69) is 68.7 Å². The second-order valence-corrected chi connectivity index (χ2v) is 9.50. The van der Waals surface area contributed by atoms with Gasteiger partial charge in [-0.25, -0.2) is 9.97 Å². The van der Waals surface area contributed by atoms with E-state index in [1.807, 2.05) is 24.7 Å². The fourth-order valence-electron chi connectivity index (χ4n) is 5.33. The Morgan fingerprint density at radius 2 is 1.80 bits per heavy atom. The number of Topliss-reactive ketones (excluding diaryl/α,β-unsaturated/α-hetero) is 1. The third-order valence-electron chi connectivity index (χ3n) is 7.41. The van der Waals surface area contributed by atoms with Crippen LogP contribution in [0.2, 0.25) is 0 Å². The van der Waals surface area contributed by atoms with Crippen LogP contribution in [0, 0.1) is 6.92 Å². The second-order valence-electron chi connectivity index (χ2n) is 9.50. The van der Waals surface area contributed by atoms with Crippen molar-refractivity contribution in [2.24, 2.45) is 0 Å². The monoisotopic (exact) mass is 466 g/mol. The van der Waals surface area contributed by atoms with Crippen LogP contribution < -0.4 is 10.2 Å². The first kappa shape index (κ1) is 21.8. The van der Waals surface area contributed by atoms with E-state index < -0.39 is 0 Å².